The molecule has 1 atom stereocenters. The second kappa shape index (κ2) is 11.9. The number of aromatic nitrogens is 1. The lowest BCUT2D eigenvalue weighted by atomic mass is 10.0. The fraction of sp³-hybridized carbons (Fsp3) is 0.345. The number of rotatable bonds is 10. The molecular formula is C29H35N5O2S2. The minimum absolute atomic E-state index is 0.105. The summed E-state index contributed by atoms with van der Waals surface area (Å²) in [4.78, 5) is 4.97. The molecule has 0 amide bonds. The zero-order valence-electron chi connectivity index (χ0n) is 21.9. The van der Waals surface area contributed by atoms with Crippen LogP contribution in [-0.4, -0.2) is 43.5 Å². The summed E-state index contributed by atoms with van der Waals surface area (Å²) < 4.78 is 28.0. The van der Waals surface area contributed by atoms with Crippen LogP contribution >= 0.6 is 11.8 Å². The Balaban J connectivity index is 1.24. The Bertz CT molecular complexity index is 1460. The first-order valence-electron chi connectivity index (χ1n) is 13.1. The minimum Gasteiger partial charge on any atom is -0.354 e. The maximum absolute atomic E-state index is 12.6. The van der Waals surface area contributed by atoms with Crippen LogP contribution in [0.4, 0.5) is 17.1 Å². The van der Waals surface area contributed by atoms with E-state index in [4.69, 9.17) is 4.98 Å². The van der Waals surface area contributed by atoms with Gasteiger partial charge < -0.3 is 5.32 Å². The molecular weight excluding hydrogens is 514 g/mol. The summed E-state index contributed by atoms with van der Waals surface area (Å²) in [5, 5.41) is 12.5. The second-order valence-electron chi connectivity index (χ2n) is 9.77. The molecule has 0 bridgehead atoms. The van der Waals surface area contributed by atoms with Gasteiger partial charge in [-0.2, -0.15) is 0 Å². The van der Waals surface area contributed by atoms with E-state index in [9.17, 15) is 8.42 Å². The van der Waals surface area contributed by atoms with Crippen molar-refractivity contribution in [1.82, 2.24) is 15.6 Å². The van der Waals surface area contributed by atoms with Crippen molar-refractivity contribution < 1.29 is 8.42 Å². The molecule has 0 radical (unpaired) electrons. The Morgan fingerprint density at radius 3 is 2.21 bits per heavy atom. The molecule has 1 fully saturated rings. The first-order valence-corrected chi connectivity index (χ1v) is 15.8. The smallest absolute Gasteiger partial charge is 0.232 e. The maximum atomic E-state index is 12.6. The van der Waals surface area contributed by atoms with Gasteiger partial charge in [0.05, 0.1) is 22.5 Å². The number of pyridine rings is 1. The molecule has 1 saturated heterocycles. The predicted octanol–water partition coefficient (Wildman–Crippen LogP) is 5.87. The summed E-state index contributed by atoms with van der Waals surface area (Å²) in [6.45, 7) is 5.99. The van der Waals surface area contributed by atoms with E-state index in [1.54, 1.807) is 12.1 Å². The van der Waals surface area contributed by atoms with Gasteiger partial charge in [0.25, 0.3) is 0 Å². The van der Waals surface area contributed by atoms with Crippen molar-refractivity contribution in [3.8, 4) is 0 Å². The molecule has 4 N–H and O–H groups in total. The van der Waals surface area contributed by atoms with Crippen LogP contribution in [0, 0.1) is 13.8 Å². The number of fused-ring (bicyclic) bond motifs is 2. The molecule has 1 aliphatic rings. The van der Waals surface area contributed by atoms with E-state index in [2.05, 4.69) is 58.8 Å². The van der Waals surface area contributed by atoms with Crippen molar-refractivity contribution >= 4 is 60.7 Å². The number of anilines is 3. The summed E-state index contributed by atoms with van der Waals surface area (Å²) in [6, 6.07) is 19.8. The summed E-state index contributed by atoms with van der Waals surface area (Å²) >= 11 is 1.87. The third kappa shape index (κ3) is 6.40. The highest BCUT2D eigenvalue weighted by Gasteiger charge is 2.15. The van der Waals surface area contributed by atoms with E-state index in [1.807, 2.05) is 36.0 Å². The normalized spacial score (nSPS) is 16.1. The number of nitrogens with one attached hydrogen (secondary N) is 4. The molecule has 0 aliphatic carbocycles. The van der Waals surface area contributed by atoms with E-state index in [1.165, 1.54) is 6.42 Å². The fourth-order valence-corrected chi connectivity index (χ4v) is 6.95. The summed E-state index contributed by atoms with van der Waals surface area (Å²) in [7, 11) is -3.41. The number of aryl methyl sites for hydroxylation is 2. The van der Waals surface area contributed by atoms with Gasteiger partial charge in [-0.25, -0.2) is 13.4 Å². The van der Waals surface area contributed by atoms with E-state index in [0.29, 0.717) is 12.1 Å². The van der Waals surface area contributed by atoms with Gasteiger partial charge in [-0.1, -0.05) is 36.4 Å². The molecule has 3 aromatic carbocycles. The maximum Gasteiger partial charge on any atom is 0.232 e. The number of unbranched alkanes of at least 4 members (excludes halogenated alkanes) is 1. The summed E-state index contributed by atoms with van der Waals surface area (Å²) in [5.74, 6) is 1.26. The third-order valence-corrected chi connectivity index (χ3v) is 9.33. The van der Waals surface area contributed by atoms with Crippen LogP contribution in [0.2, 0.25) is 0 Å². The average Bonchev–Trinajstić information content (AvgIpc) is 2.91. The number of thioether (sulfide) groups is 1. The largest absolute Gasteiger partial charge is 0.354 e. The average molecular weight is 550 g/mol. The van der Waals surface area contributed by atoms with Crippen LogP contribution in [0.15, 0.2) is 60.7 Å². The predicted molar refractivity (Wildman–Crippen MR) is 162 cm³/mol. The summed E-state index contributed by atoms with van der Waals surface area (Å²) in [6.07, 6.45) is 2.62. The van der Waals surface area contributed by atoms with Gasteiger partial charge in [-0.3, -0.25) is 15.4 Å². The van der Waals surface area contributed by atoms with Crippen molar-refractivity contribution in [3.05, 3.63) is 71.8 Å². The van der Waals surface area contributed by atoms with Gasteiger partial charge in [0.1, 0.15) is 5.50 Å². The van der Waals surface area contributed by atoms with E-state index in [-0.39, 0.29) is 11.3 Å². The van der Waals surface area contributed by atoms with Crippen molar-refractivity contribution in [1.29, 1.82) is 0 Å². The van der Waals surface area contributed by atoms with Crippen molar-refractivity contribution in [3.63, 3.8) is 0 Å². The van der Waals surface area contributed by atoms with Crippen LogP contribution < -0.4 is 20.7 Å². The number of nitrogens with zero attached hydrogens (tertiary/aromatic N) is 1. The van der Waals surface area contributed by atoms with E-state index < -0.39 is 10.0 Å². The Morgan fingerprint density at radius 1 is 0.921 bits per heavy atom. The van der Waals surface area contributed by atoms with Gasteiger partial charge in [-0.15, -0.1) is 11.8 Å². The number of hydrogen-bond donors (Lipinski definition) is 4. The number of sulfonamides is 1. The first kappa shape index (κ1) is 26.7. The van der Waals surface area contributed by atoms with Gasteiger partial charge in [-0.05, 0) is 87.3 Å². The van der Waals surface area contributed by atoms with Crippen molar-refractivity contribution in [2.45, 2.75) is 38.6 Å². The Labute approximate surface area is 229 Å². The Kier molecular flexibility index (Phi) is 8.38. The van der Waals surface area contributed by atoms with Gasteiger partial charge >= 0.3 is 0 Å². The number of para-hydroxylation sites is 2. The van der Waals surface area contributed by atoms with Gasteiger partial charge in [0, 0.05) is 22.1 Å². The van der Waals surface area contributed by atoms with Crippen LogP contribution in [-0.2, 0) is 10.0 Å². The van der Waals surface area contributed by atoms with E-state index >= 15 is 0 Å². The second-order valence-corrected chi connectivity index (χ2v) is 12.8. The molecule has 1 unspecified atom stereocenters. The zero-order chi connectivity index (χ0) is 26.5. The van der Waals surface area contributed by atoms with Crippen LogP contribution in [0.5, 0.6) is 0 Å². The first-order chi connectivity index (χ1) is 18.4. The van der Waals surface area contributed by atoms with E-state index in [0.717, 1.165) is 69.6 Å². The lowest BCUT2D eigenvalue weighted by molar-refractivity contribution is 0.517. The molecule has 38 heavy (non-hydrogen) atoms. The molecule has 0 spiro atoms. The highest BCUT2D eigenvalue weighted by atomic mass is 32.2. The molecule has 5 rings (SSSR count). The Hall–Kier alpha value is -2.85. The molecule has 2 heterocycles. The molecule has 200 valence electrons. The third-order valence-electron chi connectivity index (χ3n) is 6.77. The lowest BCUT2D eigenvalue weighted by Gasteiger charge is -2.23. The molecule has 7 nitrogen and oxygen atoms in total. The van der Waals surface area contributed by atoms with Crippen LogP contribution in [0.25, 0.3) is 21.8 Å². The van der Waals surface area contributed by atoms with Crippen LogP contribution in [0.3, 0.4) is 0 Å². The molecule has 0 saturated carbocycles. The van der Waals surface area contributed by atoms with Gasteiger partial charge in [0.2, 0.25) is 10.0 Å². The molecule has 9 heteroatoms. The van der Waals surface area contributed by atoms with Crippen molar-refractivity contribution in [2.24, 2.45) is 0 Å². The molecule has 1 aliphatic heterocycles. The van der Waals surface area contributed by atoms with Crippen molar-refractivity contribution in [2.75, 3.05) is 34.6 Å². The highest BCUT2D eigenvalue weighted by molar-refractivity contribution is 7.99. The fourth-order valence-electron chi connectivity index (χ4n) is 4.75. The lowest BCUT2D eigenvalue weighted by Crippen LogP contribution is -2.43. The zero-order valence-corrected chi connectivity index (χ0v) is 23.5. The highest BCUT2D eigenvalue weighted by Crippen LogP contribution is 2.35. The van der Waals surface area contributed by atoms with Gasteiger partial charge in [0.15, 0.2) is 0 Å². The summed E-state index contributed by atoms with van der Waals surface area (Å²) in [5.41, 5.74) is 6.93. The number of hydrogen-bond acceptors (Lipinski definition) is 7. The quantitative estimate of drug-likeness (QED) is 0.145. The topological polar surface area (TPSA) is 95.1 Å². The Morgan fingerprint density at radius 2 is 1.58 bits per heavy atom. The minimum atomic E-state index is -3.41. The standard InChI is InChI=1S/C29H35N5O2S2/c1-20-8-5-10-24-26(20)33-27-21(2)9-6-11-25(27)28(24)32-22-12-14-23(15-13-22)34-38(35,36)19-4-3-16-30-29-31-17-7-18-37-29/h5-6,8-15,29-31,34H,3-4,7,16-19H2,1-2H3,(H,32,33). The number of benzene rings is 3. The monoisotopic (exact) mass is 549 g/mol. The SMILES string of the molecule is Cc1cccc2c(Nc3ccc(NS(=O)(=O)CCCCNC4NCCCS4)cc3)c3cccc(C)c3nc12. The molecule has 4 aromatic rings. The molecule has 1 aromatic heterocycles. The van der Waals surface area contributed by atoms with Crippen LogP contribution in [0.1, 0.15) is 30.4 Å².